The van der Waals surface area contributed by atoms with Gasteiger partial charge >= 0.3 is 0 Å². The van der Waals surface area contributed by atoms with Crippen molar-refractivity contribution in [3.8, 4) is 0 Å². The lowest BCUT2D eigenvalue weighted by Gasteiger charge is -2.20. The maximum absolute atomic E-state index is 13.8. The number of benzene rings is 1. The Kier molecular flexibility index (Phi) is 4.31. The third kappa shape index (κ3) is 3.19. The van der Waals surface area contributed by atoms with E-state index < -0.39 is 0 Å². The van der Waals surface area contributed by atoms with E-state index in [-0.39, 0.29) is 17.9 Å². The number of aryl methyl sites for hydroxylation is 1. The fourth-order valence-corrected chi connectivity index (χ4v) is 2.45. The van der Waals surface area contributed by atoms with Gasteiger partial charge in [-0.3, -0.25) is 0 Å². The van der Waals surface area contributed by atoms with E-state index >= 15 is 0 Å². The Morgan fingerprint density at radius 3 is 2.68 bits per heavy atom. The molecule has 0 saturated heterocycles. The van der Waals surface area contributed by atoms with Gasteiger partial charge in [-0.25, -0.2) is 4.39 Å². The van der Waals surface area contributed by atoms with Crippen molar-refractivity contribution in [2.45, 2.75) is 25.9 Å². The van der Waals surface area contributed by atoms with Crippen LogP contribution in [0.5, 0.6) is 0 Å². The number of hydrogen-bond donors (Lipinski definition) is 1. The summed E-state index contributed by atoms with van der Waals surface area (Å²) in [5, 5.41) is 11.2. The van der Waals surface area contributed by atoms with Crippen LogP contribution in [-0.4, -0.2) is 14.8 Å². The topological polar surface area (TPSA) is 42.7 Å². The van der Waals surface area contributed by atoms with Gasteiger partial charge in [0.25, 0.3) is 0 Å². The van der Waals surface area contributed by atoms with E-state index in [4.69, 9.17) is 0 Å². The smallest absolute Gasteiger partial charge is 0.149 e. The van der Waals surface area contributed by atoms with Crippen LogP contribution in [0.25, 0.3) is 0 Å². The second-order valence-corrected chi connectivity index (χ2v) is 5.49. The average Bonchev–Trinajstić information content (AvgIpc) is 2.78. The quantitative estimate of drug-likeness (QED) is 0.938. The summed E-state index contributed by atoms with van der Waals surface area (Å²) in [5.74, 6) is 0.607. The third-order valence-electron chi connectivity index (χ3n) is 3.06. The van der Waals surface area contributed by atoms with Crippen LogP contribution in [0.4, 0.5) is 4.39 Å². The Hall–Kier alpha value is -1.27. The summed E-state index contributed by atoms with van der Waals surface area (Å²) in [6, 6.07) is 4.81. The Balaban J connectivity index is 2.15. The van der Waals surface area contributed by atoms with Gasteiger partial charge in [-0.1, -0.05) is 15.9 Å². The summed E-state index contributed by atoms with van der Waals surface area (Å²) in [5.41, 5.74) is 0.628. The van der Waals surface area contributed by atoms with Gasteiger partial charge in [-0.2, -0.15) is 0 Å². The van der Waals surface area contributed by atoms with Gasteiger partial charge in [0.1, 0.15) is 18.0 Å². The van der Waals surface area contributed by atoms with E-state index in [2.05, 4.69) is 31.4 Å². The predicted octanol–water partition coefficient (Wildman–Crippen LogP) is 3.13. The lowest BCUT2D eigenvalue weighted by Crippen LogP contribution is -2.25. The zero-order valence-electron chi connectivity index (χ0n) is 11.1. The van der Waals surface area contributed by atoms with Crippen LogP contribution in [0.1, 0.15) is 37.3 Å². The van der Waals surface area contributed by atoms with Crippen molar-refractivity contribution in [2.24, 2.45) is 7.05 Å². The Bertz CT molecular complexity index is 570. The van der Waals surface area contributed by atoms with Crippen LogP contribution < -0.4 is 5.32 Å². The molecule has 4 nitrogen and oxygen atoms in total. The van der Waals surface area contributed by atoms with Gasteiger partial charge in [0.15, 0.2) is 0 Å². The summed E-state index contributed by atoms with van der Waals surface area (Å²) in [7, 11) is 1.89. The molecule has 0 amide bonds. The first-order valence-electron chi connectivity index (χ1n) is 6.04. The van der Waals surface area contributed by atoms with Crippen molar-refractivity contribution >= 4 is 15.9 Å². The minimum atomic E-state index is -0.214. The molecule has 0 aliphatic rings. The maximum atomic E-state index is 13.8. The van der Waals surface area contributed by atoms with Gasteiger partial charge < -0.3 is 9.88 Å². The zero-order valence-corrected chi connectivity index (χ0v) is 12.6. The monoisotopic (exact) mass is 326 g/mol. The minimum Gasteiger partial charge on any atom is -0.319 e. The maximum Gasteiger partial charge on any atom is 0.149 e. The lowest BCUT2D eigenvalue weighted by atomic mass is 10.1. The molecule has 0 bridgehead atoms. The zero-order chi connectivity index (χ0) is 14.0. The number of halogens is 2. The summed E-state index contributed by atoms with van der Waals surface area (Å²) >= 11 is 3.36. The molecule has 0 fully saturated rings. The minimum absolute atomic E-state index is 0.0131. The fraction of sp³-hybridized carbons (Fsp3) is 0.385. The van der Waals surface area contributed by atoms with E-state index in [0.717, 1.165) is 10.3 Å². The first-order chi connectivity index (χ1) is 8.99. The standard InChI is InChI=1S/C13H16BrFN4/c1-8(11-6-10(14)4-5-12(11)15)17-9(2)13-18-16-7-19(13)3/h4-9,17H,1-3H3. The van der Waals surface area contributed by atoms with Crippen LogP contribution in [0.3, 0.4) is 0 Å². The van der Waals surface area contributed by atoms with Crippen LogP contribution in [0.15, 0.2) is 29.0 Å². The van der Waals surface area contributed by atoms with Gasteiger partial charge in [0, 0.05) is 23.1 Å². The van der Waals surface area contributed by atoms with E-state index in [9.17, 15) is 4.39 Å². The first-order valence-corrected chi connectivity index (χ1v) is 6.83. The summed E-state index contributed by atoms with van der Waals surface area (Å²) in [6.45, 7) is 3.91. The molecule has 2 aromatic rings. The molecule has 6 heteroatoms. The molecule has 1 heterocycles. The highest BCUT2D eigenvalue weighted by molar-refractivity contribution is 9.10. The second kappa shape index (κ2) is 5.79. The number of nitrogens with one attached hydrogen (secondary N) is 1. The first kappa shape index (κ1) is 14.1. The molecular weight excluding hydrogens is 311 g/mol. The predicted molar refractivity (Wildman–Crippen MR) is 75.1 cm³/mol. The highest BCUT2D eigenvalue weighted by Gasteiger charge is 2.17. The van der Waals surface area contributed by atoms with E-state index in [1.165, 1.54) is 6.07 Å². The van der Waals surface area contributed by atoms with Gasteiger partial charge in [-0.05, 0) is 32.0 Å². The normalized spacial score (nSPS) is 14.4. The summed E-state index contributed by atoms with van der Waals surface area (Å²) < 4.78 is 16.5. The van der Waals surface area contributed by atoms with Crippen molar-refractivity contribution < 1.29 is 4.39 Å². The molecule has 2 rings (SSSR count). The molecule has 0 spiro atoms. The van der Waals surface area contributed by atoms with Crippen molar-refractivity contribution in [3.05, 3.63) is 46.2 Å². The number of nitrogens with zero attached hydrogens (tertiary/aromatic N) is 3. The molecule has 2 unspecified atom stereocenters. The fourth-order valence-electron chi connectivity index (χ4n) is 2.07. The van der Waals surface area contributed by atoms with E-state index in [1.54, 1.807) is 18.5 Å². The molecule has 2 atom stereocenters. The van der Waals surface area contributed by atoms with Gasteiger partial charge in [0.2, 0.25) is 0 Å². The Morgan fingerprint density at radius 2 is 2.05 bits per heavy atom. The van der Waals surface area contributed by atoms with E-state index in [0.29, 0.717) is 5.56 Å². The van der Waals surface area contributed by atoms with Gasteiger partial charge in [-0.15, -0.1) is 10.2 Å². The number of rotatable bonds is 4. The molecule has 0 aliphatic heterocycles. The van der Waals surface area contributed by atoms with Crippen molar-refractivity contribution in [2.75, 3.05) is 0 Å². The molecule has 0 aliphatic carbocycles. The molecule has 19 heavy (non-hydrogen) atoms. The Labute approximate surface area is 120 Å². The molecular formula is C13H16BrFN4. The van der Waals surface area contributed by atoms with Gasteiger partial charge in [0.05, 0.1) is 6.04 Å². The molecule has 0 radical (unpaired) electrons. The summed E-state index contributed by atoms with van der Waals surface area (Å²) in [6.07, 6.45) is 1.65. The van der Waals surface area contributed by atoms with E-state index in [1.807, 2.05) is 25.5 Å². The van der Waals surface area contributed by atoms with Crippen molar-refractivity contribution in [1.29, 1.82) is 0 Å². The molecule has 1 N–H and O–H groups in total. The van der Waals surface area contributed by atoms with Crippen LogP contribution in [0, 0.1) is 5.82 Å². The highest BCUT2D eigenvalue weighted by atomic mass is 79.9. The molecule has 102 valence electrons. The molecule has 1 aromatic carbocycles. The average molecular weight is 327 g/mol. The van der Waals surface area contributed by atoms with Crippen molar-refractivity contribution in [1.82, 2.24) is 20.1 Å². The SMILES string of the molecule is CC(NC(C)c1nncn1C)c1cc(Br)ccc1F. The highest BCUT2D eigenvalue weighted by Crippen LogP contribution is 2.23. The molecule has 0 saturated carbocycles. The van der Waals surface area contributed by atoms with Crippen LogP contribution in [0.2, 0.25) is 0 Å². The number of hydrogen-bond acceptors (Lipinski definition) is 3. The number of aromatic nitrogens is 3. The Morgan fingerprint density at radius 1 is 1.32 bits per heavy atom. The largest absolute Gasteiger partial charge is 0.319 e. The third-order valence-corrected chi connectivity index (χ3v) is 3.55. The second-order valence-electron chi connectivity index (χ2n) is 4.58. The summed E-state index contributed by atoms with van der Waals surface area (Å²) in [4.78, 5) is 0. The van der Waals surface area contributed by atoms with Crippen LogP contribution in [-0.2, 0) is 7.05 Å². The lowest BCUT2D eigenvalue weighted by molar-refractivity contribution is 0.451. The molecule has 1 aromatic heterocycles. The van der Waals surface area contributed by atoms with Crippen molar-refractivity contribution in [3.63, 3.8) is 0 Å². The van der Waals surface area contributed by atoms with Crippen LogP contribution >= 0.6 is 15.9 Å².